The van der Waals surface area contributed by atoms with Gasteiger partial charge in [-0.25, -0.2) is 0 Å². The molecule has 0 amide bonds. The Balaban J connectivity index is 1.81. The molecule has 0 bridgehead atoms. The Labute approximate surface area is 200 Å². The van der Waals surface area contributed by atoms with Crippen LogP contribution in [0.3, 0.4) is 0 Å². The molecule has 0 N–H and O–H groups in total. The van der Waals surface area contributed by atoms with E-state index in [1.807, 2.05) is 0 Å². The van der Waals surface area contributed by atoms with E-state index >= 15 is 0 Å². The molecule has 0 atom stereocenters. The molecule has 0 aromatic heterocycles. The van der Waals surface area contributed by atoms with Crippen molar-refractivity contribution in [1.82, 2.24) is 0 Å². The standard InChI is InChI=1S/C31H24ClP/c32-33(25-14-4-1-5-15-25,26-16-6-2-7-17-26,27-18-8-3-9-19-27)31-22-12-21-29-28-20-11-10-13-24(28)23-30(29)31/h1-22H,23H2. The second-order valence-corrected chi connectivity index (χ2v) is 14.7. The van der Waals surface area contributed by atoms with E-state index in [9.17, 15) is 0 Å². The SMILES string of the molecule is ClP(c1ccccc1)(c1ccccc1)(c1ccccc1)c1cccc2c1Cc1ccccc1-2. The number of rotatable bonds is 4. The molecule has 0 fully saturated rings. The Morgan fingerprint density at radius 2 is 0.909 bits per heavy atom. The van der Waals surface area contributed by atoms with Gasteiger partial charge in [0.2, 0.25) is 0 Å². The molecule has 1 aliphatic carbocycles. The molecule has 5 aromatic carbocycles. The van der Waals surface area contributed by atoms with E-state index in [0.717, 1.165) is 6.42 Å². The first-order valence-electron chi connectivity index (χ1n) is 11.3. The summed E-state index contributed by atoms with van der Waals surface area (Å²) in [6.07, 6.45) is 0.902. The van der Waals surface area contributed by atoms with Gasteiger partial charge in [-0.1, -0.05) is 0 Å². The van der Waals surface area contributed by atoms with Gasteiger partial charge in [-0.2, -0.15) is 0 Å². The first kappa shape index (κ1) is 20.4. The van der Waals surface area contributed by atoms with Crippen molar-refractivity contribution in [2.45, 2.75) is 6.42 Å². The average molecular weight is 463 g/mol. The van der Waals surface area contributed by atoms with Crippen LogP contribution in [-0.4, -0.2) is 0 Å². The van der Waals surface area contributed by atoms with Crippen molar-refractivity contribution in [1.29, 1.82) is 0 Å². The third-order valence-corrected chi connectivity index (χ3v) is 14.4. The Morgan fingerprint density at radius 1 is 0.455 bits per heavy atom. The van der Waals surface area contributed by atoms with E-state index in [4.69, 9.17) is 11.2 Å². The van der Waals surface area contributed by atoms with Gasteiger partial charge in [-0.3, -0.25) is 0 Å². The van der Waals surface area contributed by atoms with E-state index in [1.54, 1.807) is 0 Å². The fourth-order valence-corrected chi connectivity index (χ4v) is 12.0. The summed E-state index contributed by atoms with van der Waals surface area (Å²) in [6.45, 7) is 0. The summed E-state index contributed by atoms with van der Waals surface area (Å²) in [7, 11) is 0. The second kappa shape index (κ2) is 7.70. The van der Waals surface area contributed by atoms with Crippen LogP contribution in [0, 0.1) is 0 Å². The Hall–Kier alpha value is -3.18. The van der Waals surface area contributed by atoms with Crippen molar-refractivity contribution in [2.24, 2.45) is 0 Å². The Bertz CT molecular complexity index is 1340. The molecular weight excluding hydrogens is 439 g/mol. The summed E-state index contributed by atoms with van der Waals surface area (Å²) in [5.41, 5.74) is 5.35. The van der Waals surface area contributed by atoms with E-state index in [1.165, 1.54) is 43.5 Å². The van der Waals surface area contributed by atoms with E-state index in [0.29, 0.717) is 0 Å². The van der Waals surface area contributed by atoms with Crippen LogP contribution in [0.4, 0.5) is 0 Å². The summed E-state index contributed by atoms with van der Waals surface area (Å²) in [5.74, 6) is -3.55. The predicted molar refractivity (Wildman–Crippen MR) is 145 cm³/mol. The number of hydrogen-bond donors (Lipinski definition) is 0. The van der Waals surface area contributed by atoms with Crippen molar-refractivity contribution in [3.8, 4) is 11.1 Å². The zero-order valence-electron chi connectivity index (χ0n) is 18.2. The summed E-state index contributed by atoms with van der Waals surface area (Å²) < 4.78 is 0. The predicted octanol–water partition coefficient (Wildman–Crippen LogP) is 6.57. The van der Waals surface area contributed by atoms with Crippen LogP contribution in [0.15, 0.2) is 133 Å². The Morgan fingerprint density at radius 3 is 1.45 bits per heavy atom. The minimum atomic E-state index is -3.55. The average Bonchev–Trinajstić information content (AvgIpc) is 3.29. The second-order valence-electron chi connectivity index (χ2n) is 8.65. The molecule has 1 aliphatic rings. The van der Waals surface area contributed by atoms with Crippen LogP contribution in [-0.2, 0) is 6.42 Å². The van der Waals surface area contributed by atoms with Gasteiger partial charge in [0, 0.05) is 0 Å². The van der Waals surface area contributed by atoms with Gasteiger partial charge in [0.25, 0.3) is 0 Å². The number of fused-ring (bicyclic) bond motifs is 3. The fourth-order valence-electron chi connectivity index (χ4n) is 5.52. The monoisotopic (exact) mass is 462 g/mol. The van der Waals surface area contributed by atoms with Crippen LogP contribution in [0.5, 0.6) is 0 Å². The quantitative estimate of drug-likeness (QED) is 0.260. The molecule has 160 valence electrons. The molecule has 2 heteroatoms. The van der Waals surface area contributed by atoms with Gasteiger partial charge in [0.15, 0.2) is 0 Å². The van der Waals surface area contributed by atoms with Gasteiger partial charge in [0.1, 0.15) is 0 Å². The summed E-state index contributed by atoms with van der Waals surface area (Å²) in [6, 6.07) is 47.7. The third kappa shape index (κ3) is 2.81. The molecule has 0 spiro atoms. The maximum absolute atomic E-state index is 8.46. The first-order chi connectivity index (χ1) is 16.2. The van der Waals surface area contributed by atoms with E-state index in [-0.39, 0.29) is 0 Å². The Kier molecular flexibility index (Phi) is 4.77. The van der Waals surface area contributed by atoms with Crippen molar-refractivity contribution in [2.75, 3.05) is 0 Å². The van der Waals surface area contributed by atoms with E-state index in [2.05, 4.69) is 133 Å². The molecule has 0 unspecified atom stereocenters. The van der Waals surface area contributed by atoms with Crippen molar-refractivity contribution >= 4 is 38.4 Å². The molecule has 0 heterocycles. The molecule has 0 nitrogen and oxygen atoms in total. The van der Waals surface area contributed by atoms with Gasteiger partial charge in [-0.15, -0.1) is 0 Å². The van der Waals surface area contributed by atoms with Crippen LogP contribution >= 0.6 is 17.2 Å². The van der Waals surface area contributed by atoms with Gasteiger partial charge < -0.3 is 0 Å². The first-order valence-corrected chi connectivity index (χ1v) is 14.5. The fraction of sp³-hybridized carbons (Fsp3) is 0.0323. The minimum absolute atomic E-state index is 0.902. The zero-order chi connectivity index (χ0) is 22.3. The number of hydrogen-bond acceptors (Lipinski definition) is 0. The van der Waals surface area contributed by atoms with Crippen LogP contribution in [0.2, 0.25) is 0 Å². The maximum atomic E-state index is 8.46. The number of halogens is 1. The van der Waals surface area contributed by atoms with E-state index < -0.39 is 5.96 Å². The summed E-state index contributed by atoms with van der Waals surface area (Å²) >= 11 is 8.46. The summed E-state index contributed by atoms with van der Waals surface area (Å²) in [5, 5.41) is 4.77. The zero-order valence-corrected chi connectivity index (χ0v) is 19.9. The molecule has 0 saturated heterocycles. The topological polar surface area (TPSA) is 0 Å². The molecule has 6 rings (SSSR count). The van der Waals surface area contributed by atoms with Crippen LogP contribution in [0.1, 0.15) is 11.1 Å². The van der Waals surface area contributed by atoms with Crippen LogP contribution in [0.25, 0.3) is 11.1 Å². The van der Waals surface area contributed by atoms with Gasteiger partial charge in [-0.05, 0) is 0 Å². The normalized spacial score (nSPS) is 13.5. The molecule has 33 heavy (non-hydrogen) atoms. The molecule has 0 aliphatic heterocycles. The number of benzene rings is 5. The molecule has 0 saturated carbocycles. The molecular formula is C31H24ClP. The van der Waals surface area contributed by atoms with Gasteiger partial charge >= 0.3 is 201 Å². The molecule has 5 aromatic rings. The molecule has 0 radical (unpaired) electrons. The van der Waals surface area contributed by atoms with Crippen molar-refractivity contribution < 1.29 is 0 Å². The van der Waals surface area contributed by atoms with Crippen LogP contribution < -0.4 is 21.2 Å². The summed E-state index contributed by atoms with van der Waals surface area (Å²) in [4.78, 5) is 0. The third-order valence-electron chi connectivity index (χ3n) is 7.00. The van der Waals surface area contributed by atoms with Gasteiger partial charge in [0.05, 0.1) is 0 Å². The van der Waals surface area contributed by atoms with Crippen molar-refractivity contribution in [3.05, 3.63) is 145 Å². The van der Waals surface area contributed by atoms with Crippen molar-refractivity contribution in [3.63, 3.8) is 0 Å².